The van der Waals surface area contributed by atoms with Crippen molar-refractivity contribution in [1.82, 2.24) is 14.9 Å². The van der Waals surface area contributed by atoms with Crippen LogP contribution in [-0.2, 0) is 29.0 Å². The van der Waals surface area contributed by atoms with Gasteiger partial charge in [0.1, 0.15) is 28.9 Å². The lowest BCUT2D eigenvalue weighted by molar-refractivity contribution is -0.137. The Balaban J connectivity index is 1.26. The molecule has 0 spiro atoms. The zero-order chi connectivity index (χ0) is 32.1. The first kappa shape index (κ1) is 30.3. The molecule has 232 valence electrons. The van der Waals surface area contributed by atoms with Gasteiger partial charge in [-0.3, -0.25) is 4.79 Å². The number of rotatable bonds is 5. The highest BCUT2D eigenvalue weighted by Gasteiger charge is 2.31. The number of imidazole rings is 1. The lowest BCUT2D eigenvalue weighted by Gasteiger charge is -2.22. The summed E-state index contributed by atoms with van der Waals surface area (Å²) in [5, 5.41) is 0. The number of benzene rings is 4. The van der Waals surface area contributed by atoms with Gasteiger partial charge in [0.2, 0.25) is 0 Å². The summed E-state index contributed by atoms with van der Waals surface area (Å²) in [4.78, 5) is 22.1. The maximum Gasteiger partial charge on any atom is 0.416 e. The Hall–Kier alpha value is -4.71. The van der Waals surface area contributed by atoms with Crippen molar-refractivity contribution in [1.29, 1.82) is 0 Å². The molecular formula is C33H27F4N3O4S. The monoisotopic (exact) mass is 637 g/mol. The standard InChI is InChI=1S/C33H27F4N3O4S/c1-3-24-25(10-13-29(30(24)34)45(2,42)43)32(41)40-14-15-44-28-12-8-21(16-22(28)18-40)19-4-6-20(7-5-19)31-38-26-11-9-23(33(35,36)37)17-27(26)39-31/h4-13,16-17H,3,14-15,18H2,1-2H3,(H,38,39). The number of H-pyrrole nitrogens is 1. The number of sulfone groups is 1. The molecule has 1 amide bonds. The van der Waals surface area contributed by atoms with Crippen LogP contribution in [0.3, 0.4) is 0 Å². The molecule has 0 saturated carbocycles. The van der Waals surface area contributed by atoms with Gasteiger partial charge in [0.25, 0.3) is 5.91 Å². The SMILES string of the molecule is CCc1c(C(=O)N2CCOc3ccc(-c4ccc(-c5nc6ccc(C(F)(F)F)cc6[nH]5)cc4)cc3C2)ccc(S(C)(=O)=O)c1F. The first-order chi connectivity index (χ1) is 21.3. The van der Waals surface area contributed by atoms with Gasteiger partial charge in [-0.25, -0.2) is 17.8 Å². The summed E-state index contributed by atoms with van der Waals surface area (Å²) < 4.78 is 84.4. The van der Waals surface area contributed by atoms with Crippen LogP contribution >= 0.6 is 0 Å². The van der Waals surface area contributed by atoms with Gasteiger partial charge in [0, 0.05) is 35.1 Å². The first-order valence-electron chi connectivity index (χ1n) is 14.1. The van der Waals surface area contributed by atoms with Gasteiger partial charge in [-0.1, -0.05) is 37.3 Å². The molecule has 6 rings (SSSR count). The van der Waals surface area contributed by atoms with E-state index >= 15 is 4.39 Å². The molecule has 1 aromatic heterocycles. The number of hydrogen-bond donors (Lipinski definition) is 1. The van der Waals surface area contributed by atoms with E-state index in [9.17, 15) is 26.4 Å². The van der Waals surface area contributed by atoms with E-state index in [4.69, 9.17) is 4.74 Å². The smallest absolute Gasteiger partial charge is 0.416 e. The number of amides is 1. The van der Waals surface area contributed by atoms with Crippen molar-refractivity contribution in [3.63, 3.8) is 0 Å². The Kier molecular flexibility index (Phi) is 7.64. The van der Waals surface area contributed by atoms with Gasteiger partial charge < -0.3 is 14.6 Å². The van der Waals surface area contributed by atoms with Crippen LogP contribution in [0.5, 0.6) is 5.75 Å². The summed E-state index contributed by atoms with van der Waals surface area (Å²) in [6, 6.07) is 18.9. The van der Waals surface area contributed by atoms with Gasteiger partial charge in [0.15, 0.2) is 9.84 Å². The minimum absolute atomic E-state index is 0.0485. The fourth-order valence-corrected chi connectivity index (χ4v) is 6.26. The van der Waals surface area contributed by atoms with Crippen LogP contribution < -0.4 is 4.74 Å². The van der Waals surface area contributed by atoms with Crippen LogP contribution in [-0.4, -0.2) is 48.6 Å². The molecule has 0 saturated heterocycles. The fourth-order valence-electron chi connectivity index (χ4n) is 5.49. The minimum atomic E-state index is -4.45. The van der Waals surface area contributed by atoms with E-state index in [1.54, 1.807) is 11.8 Å². The van der Waals surface area contributed by atoms with Crippen molar-refractivity contribution in [3.8, 4) is 28.3 Å². The number of alkyl halides is 3. The second-order valence-corrected chi connectivity index (χ2v) is 12.8. The van der Waals surface area contributed by atoms with Gasteiger partial charge in [-0.05, 0) is 60.0 Å². The first-order valence-corrected chi connectivity index (χ1v) is 16.0. The van der Waals surface area contributed by atoms with Crippen molar-refractivity contribution in [2.24, 2.45) is 0 Å². The summed E-state index contributed by atoms with van der Waals surface area (Å²) in [6.45, 7) is 2.33. The molecule has 1 aliphatic rings. The van der Waals surface area contributed by atoms with Crippen LogP contribution in [0.25, 0.3) is 33.5 Å². The third-order valence-corrected chi connectivity index (χ3v) is 8.93. The molecule has 0 bridgehead atoms. The molecule has 0 aliphatic carbocycles. The maximum absolute atomic E-state index is 15.1. The van der Waals surface area contributed by atoms with Crippen molar-refractivity contribution in [3.05, 3.63) is 101 Å². The highest BCUT2D eigenvalue weighted by Crippen LogP contribution is 2.34. The van der Waals surface area contributed by atoms with Crippen LogP contribution in [0.15, 0.2) is 77.7 Å². The van der Waals surface area contributed by atoms with E-state index in [0.717, 1.165) is 41.1 Å². The summed E-state index contributed by atoms with van der Waals surface area (Å²) in [5.74, 6) is -0.282. The molecule has 45 heavy (non-hydrogen) atoms. The van der Waals surface area contributed by atoms with E-state index in [1.165, 1.54) is 12.1 Å². The number of aromatic amines is 1. The number of carbonyl (C=O) groups excluding carboxylic acids is 1. The molecular weight excluding hydrogens is 610 g/mol. The van der Waals surface area contributed by atoms with Crippen molar-refractivity contribution in [2.45, 2.75) is 31.0 Å². The quantitative estimate of drug-likeness (QED) is 0.209. The molecule has 0 radical (unpaired) electrons. The number of nitrogens with zero attached hydrogens (tertiary/aromatic N) is 2. The lowest BCUT2D eigenvalue weighted by Crippen LogP contribution is -2.33. The molecule has 1 aliphatic heterocycles. The number of halogens is 4. The van der Waals surface area contributed by atoms with Gasteiger partial charge in [-0.2, -0.15) is 13.2 Å². The molecule has 7 nitrogen and oxygen atoms in total. The summed E-state index contributed by atoms with van der Waals surface area (Å²) >= 11 is 0. The summed E-state index contributed by atoms with van der Waals surface area (Å²) in [7, 11) is -3.80. The predicted octanol–water partition coefficient (Wildman–Crippen LogP) is 7.06. The predicted molar refractivity (Wildman–Crippen MR) is 161 cm³/mol. The normalized spacial score (nSPS) is 13.8. The molecule has 2 heterocycles. The number of carbonyl (C=O) groups is 1. The van der Waals surface area contributed by atoms with Gasteiger partial charge in [-0.15, -0.1) is 0 Å². The second-order valence-electron chi connectivity index (χ2n) is 10.8. The number of hydrogen-bond acceptors (Lipinski definition) is 5. The maximum atomic E-state index is 15.1. The molecule has 5 aromatic rings. The third kappa shape index (κ3) is 5.89. The average Bonchev–Trinajstić information content (AvgIpc) is 3.31. The van der Waals surface area contributed by atoms with Gasteiger partial charge >= 0.3 is 6.18 Å². The molecule has 12 heteroatoms. The highest BCUT2D eigenvalue weighted by molar-refractivity contribution is 7.90. The van der Waals surface area contributed by atoms with Crippen molar-refractivity contribution in [2.75, 3.05) is 19.4 Å². The zero-order valence-corrected chi connectivity index (χ0v) is 25.0. The van der Waals surface area contributed by atoms with E-state index < -0.39 is 38.2 Å². The number of aromatic nitrogens is 2. The molecule has 0 atom stereocenters. The Bertz CT molecular complexity index is 2060. The Morgan fingerprint density at radius 3 is 2.38 bits per heavy atom. The Labute approximate surface area is 256 Å². The number of nitrogens with one attached hydrogen (secondary N) is 1. The molecule has 1 N–H and O–H groups in total. The van der Waals surface area contributed by atoms with E-state index in [-0.39, 0.29) is 42.8 Å². The molecule has 4 aromatic carbocycles. The molecule has 0 fully saturated rings. The summed E-state index contributed by atoms with van der Waals surface area (Å²) in [5.41, 5.74) is 3.24. The third-order valence-electron chi connectivity index (χ3n) is 7.82. The van der Waals surface area contributed by atoms with E-state index in [1.807, 2.05) is 42.5 Å². The van der Waals surface area contributed by atoms with Crippen LogP contribution in [0.4, 0.5) is 17.6 Å². The average molecular weight is 638 g/mol. The molecule has 0 unspecified atom stereocenters. The zero-order valence-electron chi connectivity index (χ0n) is 24.2. The highest BCUT2D eigenvalue weighted by atomic mass is 32.2. The lowest BCUT2D eigenvalue weighted by atomic mass is 10.00. The fraction of sp³-hybridized carbons (Fsp3) is 0.212. The number of fused-ring (bicyclic) bond motifs is 2. The second kappa shape index (κ2) is 11.3. The largest absolute Gasteiger partial charge is 0.491 e. The van der Waals surface area contributed by atoms with Crippen LogP contribution in [0, 0.1) is 5.82 Å². The topological polar surface area (TPSA) is 92.4 Å². The van der Waals surface area contributed by atoms with Gasteiger partial charge in [0.05, 0.1) is 23.1 Å². The minimum Gasteiger partial charge on any atom is -0.491 e. The van der Waals surface area contributed by atoms with Crippen LogP contribution in [0.1, 0.15) is 34.0 Å². The van der Waals surface area contributed by atoms with Crippen molar-refractivity contribution < 1.29 is 35.5 Å². The van der Waals surface area contributed by atoms with Crippen LogP contribution in [0.2, 0.25) is 0 Å². The summed E-state index contributed by atoms with van der Waals surface area (Å²) in [6.07, 6.45) is -3.39. The van der Waals surface area contributed by atoms with Crippen molar-refractivity contribution >= 4 is 26.8 Å². The van der Waals surface area contributed by atoms with E-state index in [2.05, 4.69) is 9.97 Å². The Morgan fingerprint density at radius 2 is 1.69 bits per heavy atom. The number of ether oxygens (including phenoxy) is 1. The Morgan fingerprint density at radius 1 is 0.978 bits per heavy atom. The van der Waals surface area contributed by atoms with E-state index in [0.29, 0.717) is 22.7 Å².